The lowest BCUT2D eigenvalue weighted by atomic mass is 9.93. The highest BCUT2D eigenvalue weighted by molar-refractivity contribution is 5.72. The van der Waals surface area contributed by atoms with Gasteiger partial charge in [0.2, 0.25) is 0 Å². The first-order valence-corrected chi connectivity index (χ1v) is 6.02. The molecule has 0 amide bonds. The van der Waals surface area contributed by atoms with Gasteiger partial charge in [-0.2, -0.15) is 0 Å². The third-order valence-corrected chi connectivity index (χ3v) is 3.03. The molecular weight excluding hydrogens is 232 g/mol. The van der Waals surface area contributed by atoms with E-state index in [1.807, 2.05) is 30.3 Å². The van der Waals surface area contributed by atoms with Crippen LogP contribution >= 0.6 is 0 Å². The van der Waals surface area contributed by atoms with Gasteiger partial charge in [-0.05, 0) is 12.0 Å². The van der Waals surface area contributed by atoms with Crippen molar-refractivity contribution in [3.05, 3.63) is 35.9 Å². The van der Waals surface area contributed by atoms with Crippen LogP contribution in [0, 0.1) is 5.92 Å². The summed E-state index contributed by atoms with van der Waals surface area (Å²) in [4.78, 5) is 22.1. The number of hydrogen-bond donors (Lipinski definition) is 0. The maximum absolute atomic E-state index is 11.3. The summed E-state index contributed by atoms with van der Waals surface area (Å²) >= 11 is 0. The van der Waals surface area contributed by atoms with Crippen LogP contribution < -0.4 is 0 Å². The zero-order chi connectivity index (χ0) is 13.0. The van der Waals surface area contributed by atoms with E-state index in [1.54, 1.807) is 0 Å². The van der Waals surface area contributed by atoms with Gasteiger partial charge in [-0.25, -0.2) is 0 Å². The largest absolute Gasteiger partial charge is 0.462 e. The highest BCUT2D eigenvalue weighted by atomic mass is 16.6. The quantitative estimate of drug-likeness (QED) is 0.761. The minimum absolute atomic E-state index is 0.0826. The topological polar surface area (TPSA) is 52.6 Å². The predicted molar refractivity (Wildman–Crippen MR) is 64.8 cm³/mol. The van der Waals surface area contributed by atoms with Crippen molar-refractivity contribution < 1.29 is 19.1 Å². The van der Waals surface area contributed by atoms with E-state index in [9.17, 15) is 9.59 Å². The third-order valence-electron chi connectivity index (χ3n) is 3.03. The summed E-state index contributed by atoms with van der Waals surface area (Å²) in [5.74, 6) is -0.483. The molecule has 1 fully saturated rings. The van der Waals surface area contributed by atoms with Crippen molar-refractivity contribution in [2.24, 2.45) is 5.92 Å². The van der Waals surface area contributed by atoms with E-state index in [0.29, 0.717) is 6.42 Å². The SMILES string of the molecule is CC(=O)OC[C@H]1OC(=O)C[C@H]1Cc1ccccc1. The molecule has 0 N–H and O–H groups in total. The van der Waals surface area contributed by atoms with Crippen molar-refractivity contribution in [2.75, 3.05) is 6.61 Å². The average molecular weight is 248 g/mol. The van der Waals surface area contributed by atoms with E-state index in [-0.39, 0.29) is 30.6 Å². The Morgan fingerprint density at radius 2 is 2.11 bits per heavy atom. The Labute approximate surface area is 106 Å². The molecule has 2 rings (SSSR count). The molecule has 2 atom stereocenters. The van der Waals surface area contributed by atoms with Gasteiger partial charge in [-0.15, -0.1) is 0 Å². The molecule has 0 bridgehead atoms. The molecule has 18 heavy (non-hydrogen) atoms. The minimum Gasteiger partial charge on any atom is -0.462 e. The second kappa shape index (κ2) is 5.67. The summed E-state index contributed by atoms with van der Waals surface area (Å²) in [7, 11) is 0. The number of carbonyl (C=O) groups is 2. The van der Waals surface area contributed by atoms with Gasteiger partial charge >= 0.3 is 11.9 Å². The van der Waals surface area contributed by atoms with Crippen molar-refractivity contribution in [1.82, 2.24) is 0 Å². The molecule has 1 aromatic carbocycles. The van der Waals surface area contributed by atoms with Gasteiger partial charge in [-0.1, -0.05) is 30.3 Å². The Bertz CT molecular complexity index is 427. The molecule has 4 nitrogen and oxygen atoms in total. The second-order valence-corrected chi connectivity index (χ2v) is 4.48. The molecule has 1 aliphatic heterocycles. The molecule has 4 heteroatoms. The van der Waals surface area contributed by atoms with Crippen molar-refractivity contribution >= 4 is 11.9 Å². The van der Waals surface area contributed by atoms with Gasteiger partial charge in [0.05, 0.1) is 6.42 Å². The summed E-state index contributed by atoms with van der Waals surface area (Å²) in [6.45, 7) is 1.50. The first kappa shape index (κ1) is 12.6. The zero-order valence-corrected chi connectivity index (χ0v) is 10.3. The van der Waals surface area contributed by atoms with Crippen LogP contribution in [0.15, 0.2) is 30.3 Å². The number of benzene rings is 1. The van der Waals surface area contributed by atoms with Gasteiger partial charge in [0, 0.05) is 12.8 Å². The van der Waals surface area contributed by atoms with Crippen LogP contribution in [0.4, 0.5) is 0 Å². The first-order chi connectivity index (χ1) is 8.65. The van der Waals surface area contributed by atoms with E-state index in [4.69, 9.17) is 9.47 Å². The summed E-state index contributed by atoms with van der Waals surface area (Å²) < 4.78 is 10.1. The van der Waals surface area contributed by atoms with Crippen LogP contribution in [0.3, 0.4) is 0 Å². The Morgan fingerprint density at radius 3 is 2.78 bits per heavy atom. The normalized spacial score (nSPS) is 22.6. The molecular formula is C14H16O4. The smallest absolute Gasteiger partial charge is 0.306 e. The van der Waals surface area contributed by atoms with Crippen molar-refractivity contribution in [3.63, 3.8) is 0 Å². The lowest BCUT2D eigenvalue weighted by Gasteiger charge is -2.17. The molecule has 0 saturated carbocycles. The summed E-state index contributed by atoms with van der Waals surface area (Å²) in [6, 6.07) is 9.93. The number of ether oxygens (including phenoxy) is 2. The lowest BCUT2D eigenvalue weighted by Crippen LogP contribution is -2.25. The number of hydrogen-bond acceptors (Lipinski definition) is 4. The van der Waals surface area contributed by atoms with E-state index >= 15 is 0 Å². The standard InChI is InChI=1S/C14H16O4/c1-10(15)17-9-13-12(8-14(16)18-13)7-11-5-3-2-4-6-11/h2-6,12-13H,7-9H2,1H3/t12-,13-/m1/s1. The molecule has 1 saturated heterocycles. The molecule has 1 aromatic rings. The maximum Gasteiger partial charge on any atom is 0.306 e. The molecule has 0 aliphatic carbocycles. The van der Waals surface area contributed by atoms with E-state index in [0.717, 1.165) is 12.0 Å². The molecule has 1 aliphatic rings. The maximum atomic E-state index is 11.3. The first-order valence-electron chi connectivity index (χ1n) is 6.02. The minimum atomic E-state index is -0.351. The van der Waals surface area contributed by atoms with Crippen LogP contribution in [0.2, 0.25) is 0 Å². The second-order valence-electron chi connectivity index (χ2n) is 4.48. The third kappa shape index (κ3) is 3.32. The van der Waals surface area contributed by atoms with E-state index in [1.165, 1.54) is 6.92 Å². The van der Waals surface area contributed by atoms with Crippen molar-refractivity contribution in [3.8, 4) is 0 Å². The van der Waals surface area contributed by atoms with Gasteiger partial charge in [0.1, 0.15) is 12.7 Å². The van der Waals surface area contributed by atoms with Gasteiger partial charge < -0.3 is 9.47 Å². The number of cyclic esters (lactones) is 1. The number of esters is 2. The van der Waals surface area contributed by atoms with Gasteiger partial charge in [0.15, 0.2) is 0 Å². The Morgan fingerprint density at radius 1 is 1.39 bits per heavy atom. The monoisotopic (exact) mass is 248 g/mol. The van der Waals surface area contributed by atoms with E-state index < -0.39 is 0 Å². The summed E-state index contributed by atoms with van der Waals surface area (Å²) in [5.41, 5.74) is 1.16. The molecule has 96 valence electrons. The molecule has 0 radical (unpaired) electrons. The zero-order valence-electron chi connectivity index (χ0n) is 10.3. The Kier molecular flexibility index (Phi) is 3.97. The number of rotatable bonds is 4. The fraction of sp³-hybridized carbons (Fsp3) is 0.429. The van der Waals surface area contributed by atoms with Gasteiger partial charge in [-0.3, -0.25) is 9.59 Å². The van der Waals surface area contributed by atoms with Gasteiger partial charge in [0.25, 0.3) is 0 Å². The fourth-order valence-corrected chi connectivity index (χ4v) is 2.15. The van der Waals surface area contributed by atoms with Crippen LogP contribution in [-0.4, -0.2) is 24.6 Å². The average Bonchev–Trinajstić information content (AvgIpc) is 2.68. The Balaban J connectivity index is 1.96. The van der Waals surface area contributed by atoms with Crippen LogP contribution in [0.25, 0.3) is 0 Å². The van der Waals surface area contributed by atoms with Crippen molar-refractivity contribution in [1.29, 1.82) is 0 Å². The summed E-state index contributed by atoms with van der Waals surface area (Å²) in [6.07, 6.45) is 0.834. The molecule has 1 heterocycles. The molecule has 0 unspecified atom stereocenters. The van der Waals surface area contributed by atoms with Crippen LogP contribution in [0.1, 0.15) is 18.9 Å². The summed E-state index contributed by atoms with van der Waals surface area (Å²) in [5, 5.41) is 0. The highest BCUT2D eigenvalue weighted by Gasteiger charge is 2.35. The Hall–Kier alpha value is -1.84. The highest BCUT2D eigenvalue weighted by Crippen LogP contribution is 2.26. The van der Waals surface area contributed by atoms with Crippen LogP contribution in [0.5, 0.6) is 0 Å². The number of carbonyl (C=O) groups excluding carboxylic acids is 2. The van der Waals surface area contributed by atoms with Crippen molar-refractivity contribution in [2.45, 2.75) is 25.9 Å². The van der Waals surface area contributed by atoms with E-state index in [2.05, 4.69) is 0 Å². The molecule has 0 spiro atoms. The fourth-order valence-electron chi connectivity index (χ4n) is 2.15. The van der Waals surface area contributed by atoms with Crippen LogP contribution in [-0.2, 0) is 25.5 Å². The lowest BCUT2D eigenvalue weighted by molar-refractivity contribution is -0.151. The molecule has 0 aromatic heterocycles. The predicted octanol–water partition coefficient (Wildman–Crippen LogP) is 1.72.